The zero-order valence-corrected chi connectivity index (χ0v) is 17.1. The Morgan fingerprint density at radius 3 is 2.74 bits per heavy atom. The summed E-state index contributed by atoms with van der Waals surface area (Å²) in [5, 5.41) is 4.72. The highest BCUT2D eigenvalue weighted by Crippen LogP contribution is 2.27. The number of piperidine rings is 1. The van der Waals surface area contributed by atoms with Crippen LogP contribution in [0.4, 0.5) is 0 Å². The lowest BCUT2D eigenvalue weighted by molar-refractivity contribution is 0.00849. The van der Waals surface area contributed by atoms with E-state index >= 15 is 0 Å². The van der Waals surface area contributed by atoms with Crippen molar-refractivity contribution in [3.8, 4) is 0 Å². The molecule has 2 aromatic heterocycles. The molecule has 3 rings (SSSR count). The van der Waals surface area contributed by atoms with Crippen molar-refractivity contribution in [1.29, 1.82) is 0 Å². The van der Waals surface area contributed by atoms with E-state index in [9.17, 15) is 4.79 Å². The first-order valence-electron chi connectivity index (χ1n) is 9.39. The van der Waals surface area contributed by atoms with E-state index in [0.717, 1.165) is 30.3 Å². The summed E-state index contributed by atoms with van der Waals surface area (Å²) in [5.74, 6) is 0.226. The van der Waals surface area contributed by atoms with Crippen LogP contribution in [-0.4, -0.2) is 53.3 Å². The third kappa shape index (κ3) is 4.78. The minimum atomic E-state index is 0. The molecule has 1 fully saturated rings. The number of carbonyl (C=O) groups excluding carboxylic acids is 1. The minimum Gasteiger partial charge on any atom is -0.378 e. The molecule has 1 aliphatic heterocycles. The summed E-state index contributed by atoms with van der Waals surface area (Å²) in [6.45, 7) is 8.67. The highest BCUT2D eigenvalue weighted by molar-refractivity contribution is 6.06. The fraction of sp³-hybridized carbons (Fsp3) is 0.632. The molecule has 0 unspecified atom stereocenters. The Hall–Kier alpha value is -1.70. The summed E-state index contributed by atoms with van der Waals surface area (Å²) in [4.78, 5) is 19.6. The summed E-state index contributed by atoms with van der Waals surface area (Å²) < 4.78 is 11.2. The smallest absolute Gasteiger partial charge is 0.259 e. The van der Waals surface area contributed by atoms with E-state index in [-0.39, 0.29) is 30.3 Å². The van der Waals surface area contributed by atoms with Gasteiger partial charge in [-0.3, -0.25) is 4.79 Å². The van der Waals surface area contributed by atoms with Crippen LogP contribution < -0.4 is 5.73 Å². The van der Waals surface area contributed by atoms with Crippen LogP contribution in [0, 0.1) is 6.92 Å². The number of hydrogen-bond acceptors (Lipinski definition) is 6. The van der Waals surface area contributed by atoms with Crippen molar-refractivity contribution in [2.75, 3.05) is 26.2 Å². The van der Waals surface area contributed by atoms with Crippen LogP contribution in [0.25, 0.3) is 11.1 Å². The van der Waals surface area contributed by atoms with Gasteiger partial charge in [-0.1, -0.05) is 19.0 Å². The number of rotatable bonds is 6. The number of fused-ring (bicyclic) bond motifs is 1. The van der Waals surface area contributed by atoms with Gasteiger partial charge in [-0.2, -0.15) is 0 Å². The number of carbonyl (C=O) groups is 1. The van der Waals surface area contributed by atoms with Gasteiger partial charge in [0, 0.05) is 25.4 Å². The molecule has 8 heteroatoms. The van der Waals surface area contributed by atoms with Crippen molar-refractivity contribution >= 4 is 29.4 Å². The molecule has 2 aromatic rings. The third-order valence-corrected chi connectivity index (χ3v) is 4.89. The second-order valence-electron chi connectivity index (χ2n) is 7.20. The number of hydrogen-bond donors (Lipinski definition) is 1. The SMILES string of the molecule is Cc1noc2nc(C(C)C)cc(C(=O)N3CCC(OCCCN)CC3)c12.Cl. The second-order valence-corrected chi connectivity index (χ2v) is 7.20. The van der Waals surface area contributed by atoms with E-state index in [2.05, 4.69) is 24.0 Å². The Morgan fingerprint density at radius 1 is 1.41 bits per heavy atom. The van der Waals surface area contributed by atoms with E-state index in [1.807, 2.05) is 17.9 Å². The van der Waals surface area contributed by atoms with Gasteiger partial charge in [-0.25, -0.2) is 4.98 Å². The van der Waals surface area contributed by atoms with Crippen LogP contribution in [-0.2, 0) is 4.74 Å². The molecular weight excluding hydrogens is 368 g/mol. The number of nitrogens with two attached hydrogens (primary N) is 1. The van der Waals surface area contributed by atoms with Crippen LogP contribution in [0.1, 0.15) is 60.8 Å². The molecule has 3 heterocycles. The molecule has 1 aliphatic rings. The number of aryl methyl sites for hydroxylation is 1. The predicted molar refractivity (Wildman–Crippen MR) is 106 cm³/mol. The molecule has 1 amide bonds. The van der Waals surface area contributed by atoms with Crippen molar-refractivity contribution < 1.29 is 14.1 Å². The lowest BCUT2D eigenvalue weighted by Gasteiger charge is -2.32. The van der Waals surface area contributed by atoms with Gasteiger partial charge in [0.1, 0.15) is 0 Å². The summed E-state index contributed by atoms with van der Waals surface area (Å²) >= 11 is 0. The molecular formula is C19H29ClN4O3. The van der Waals surface area contributed by atoms with Gasteiger partial charge in [0.05, 0.1) is 22.7 Å². The first-order valence-corrected chi connectivity index (χ1v) is 9.39. The van der Waals surface area contributed by atoms with Gasteiger partial charge >= 0.3 is 0 Å². The highest BCUT2D eigenvalue weighted by Gasteiger charge is 2.27. The average Bonchev–Trinajstić information content (AvgIpc) is 3.02. The Kier molecular flexibility index (Phi) is 7.59. The van der Waals surface area contributed by atoms with E-state index in [0.29, 0.717) is 43.2 Å². The first-order chi connectivity index (χ1) is 12.5. The monoisotopic (exact) mass is 396 g/mol. The van der Waals surface area contributed by atoms with Crippen LogP contribution in [0.5, 0.6) is 0 Å². The quantitative estimate of drug-likeness (QED) is 0.754. The maximum Gasteiger partial charge on any atom is 0.259 e. The second kappa shape index (κ2) is 9.48. The van der Waals surface area contributed by atoms with Crippen LogP contribution in [0.15, 0.2) is 10.6 Å². The molecule has 0 bridgehead atoms. The molecule has 2 N–H and O–H groups in total. The summed E-state index contributed by atoms with van der Waals surface area (Å²) in [5.41, 5.74) is 8.13. The topological polar surface area (TPSA) is 94.5 Å². The first kappa shape index (κ1) is 21.6. The van der Waals surface area contributed by atoms with Crippen molar-refractivity contribution in [2.24, 2.45) is 5.73 Å². The summed E-state index contributed by atoms with van der Waals surface area (Å²) in [7, 11) is 0. The lowest BCUT2D eigenvalue weighted by atomic mass is 10.0. The Balaban J connectivity index is 0.00000261. The molecule has 0 atom stereocenters. The Bertz CT molecular complexity index is 770. The third-order valence-electron chi connectivity index (χ3n) is 4.89. The summed E-state index contributed by atoms with van der Waals surface area (Å²) in [6.07, 6.45) is 2.79. The fourth-order valence-electron chi connectivity index (χ4n) is 3.31. The number of nitrogens with zero attached hydrogens (tertiary/aromatic N) is 3. The fourth-order valence-corrected chi connectivity index (χ4v) is 3.31. The van der Waals surface area contributed by atoms with Gasteiger partial charge in [0.2, 0.25) is 0 Å². The van der Waals surface area contributed by atoms with Crippen molar-refractivity contribution in [1.82, 2.24) is 15.0 Å². The number of pyridine rings is 1. The maximum absolute atomic E-state index is 13.2. The lowest BCUT2D eigenvalue weighted by Crippen LogP contribution is -2.41. The van der Waals surface area contributed by atoms with E-state index in [1.54, 1.807) is 0 Å². The molecule has 0 spiro atoms. The van der Waals surface area contributed by atoms with Crippen molar-refractivity contribution in [2.45, 2.75) is 52.1 Å². The van der Waals surface area contributed by atoms with Crippen LogP contribution >= 0.6 is 12.4 Å². The van der Waals surface area contributed by atoms with E-state index in [4.69, 9.17) is 15.0 Å². The molecule has 1 saturated heterocycles. The number of aromatic nitrogens is 2. The van der Waals surface area contributed by atoms with Gasteiger partial charge < -0.3 is 19.9 Å². The molecule has 27 heavy (non-hydrogen) atoms. The highest BCUT2D eigenvalue weighted by atomic mass is 35.5. The number of likely N-dealkylation sites (tertiary alicyclic amines) is 1. The Morgan fingerprint density at radius 2 is 2.11 bits per heavy atom. The van der Waals surface area contributed by atoms with Gasteiger partial charge in [0.25, 0.3) is 11.6 Å². The zero-order valence-electron chi connectivity index (χ0n) is 16.2. The van der Waals surface area contributed by atoms with Crippen molar-refractivity contribution in [3.63, 3.8) is 0 Å². The normalized spacial score (nSPS) is 15.4. The zero-order chi connectivity index (χ0) is 18.7. The molecule has 0 aliphatic carbocycles. The Labute approximate surface area is 166 Å². The molecule has 7 nitrogen and oxygen atoms in total. The molecule has 0 radical (unpaired) electrons. The van der Waals surface area contributed by atoms with Gasteiger partial charge in [-0.05, 0) is 44.7 Å². The number of amides is 1. The minimum absolute atomic E-state index is 0. The standard InChI is InChI=1S/C19H28N4O3.ClH/c1-12(2)16-11-15(17-13(3)22-26-18(17)21-16)19(24)23-8-5-14(6-9-23)25-10-4-7-20;/h11-12,14H,4-10,20H2,1-3H3;1H. The number of halogens is 1. The van der Waals surface area contributed by atoms with Gasteiger partial charge in [0.15, 0.2) is 0 Å². The predicted octanol–water partition coefficient (Wildman–Crippen LogP) is 3.05. The van der Waals surface area contributed by atoms with Crippen LogP contribution in [0.2, 0.25) is 0 Å². The van der Waals surface area contributed by atoms with Crippen LogP contribution in [0.3, 0.4) is 0 Å². The molecule has 0 saturated carbocycles. The van der Waals surface area contributed by atoms with Gasteiger partial charge in [-0.15, -0.1) is 12.4 Å². The molecule has 150 valence electrons. The van der Waals surface area contributed by atoms with E-state index in [1.165, 1.54) is 0 Å². The van der Waals surface area contributed by atoms with E-state index < -0.39 is 0 Å². The van der Waals surface area contributed by atoms with Crippen molar-refractivity contribution in [3.05, 3.63) is 23.0 Å². The maximum atomic E-state index is 13.2. The average molecular weight is 397 g/mol. The molecule has 0 aromatic carbocycles. The largest absolute Gasteiger partial charge is 0.378 e. The summed E-state index contributed by atoms with van der Waals surface area (Å²) in [6, 6.07) is 1.89. The number of ether oxygens (including phenoxy) is 1.